The highest BCUT2D eigenvalue weighted by molar-refractivity contribution is 9.09. The molecule has 1 heterocycles. The molecule has 1 aromatic heterocycles. The summed E-state index contributed by atoms with van der Waals surface area (Å²) in [5, 5.41) is 6.51. The number of halogens is 2. The van der Waals surface area contributed by atoms with Gasteiger partial charge in [-0.25, -0.2) is 0 Å². The predicted octanol–water partition coefficient (Wildman–Crippen LogP) is 3.70. The number of hydrogen-bond donors (Lipinski definition) is 0. The van der Waals surface area contributed by atoms with Crippen LogP contribution >= 0.6 is 43.2 Å². The van der Waals surface area contributed by atoms with Crippen LogP contribution in [-0.2, 0) is 6.42 Å². The van der Waals surface area contributed by atoms with Gasteiger partial charge in [0.05, 0.1) is 0 Å². The maximum absolute atomic E-state index is 3.50. The zero-order valence-electron chi connectivity index (χ0n) is 6.09. The average Bonchev–Trinajstić information content (AvgIpc) is 2.52. The first-order chi connectivity index (χ1) is 5.36. The summed E-state index contributed by atoms with van der Waals surface area (Å²) >= 11 is 8.76. The van der Waals surface area contributed by atoms with E-state index in [1.54, 1.807) is 11.3 Å². The third kappa shape index (κ3) is 3.26. The molecule has 3 heteroatoms. The van der Waals surface area contributed by atoms with Crippen LogP contribution in [0.5, 0.6) is 0 Å². The van der Waals surface area contributed by atoms with Crippen LogP contribution in [-0.4, -0.2) is 10.7 Å². The molecule has 0 aromatic carbocycles. The van der Waals surface area contributed by atoms with Crippen LogP contribution in [0.2, 0.25) is 0 Å². The Kier molecular flexibility index (Phi) is 4.72. The molecule has 0 nitrogen and oxygen atoms in total. The summed E-state index contributed by atoms with van der Waals surface area (Å²) in [4.78, 5) is 0. The van der Waals surface area contributed by atoms with Gasteiger partial charge in [-0.05, 0) is 34.7 Å². The van der Waals surface area contributed by atoms with Crippen LogP contribution in [0, 0.1) is 5.92 Å². The van der Waals surface area contributed by atoms with E-state index in [1.807, 2.05) is 0 Å². The summed E-state index contributed by atoms with van der Waals surface area (Å²) in [5.74, 6) is 0.726. The van der Waals surface area contributed by atoms with Crippen molar-refractivity contribution in [3.8, 4) is 0 Å². The molecule has 0 amide bonds. The highest BCUT2D eigenvalue weighted by Gasteiger charge is 2.05. The van der Waals surface area contributed by atoms with Crippen molar-refractivity contribution in [2.45, 2.75) is 6.42 Å². The van der Waals surface area contributed by atoms with E-state index in [0.29, 0.717) is 0 Å². The lowest BCUT2D eigenvalue weighted by atomic mass is 10.1. The Morgan fingerprint density at radius 2 is 2.09 bits per heavy atom. The molecule has 0 aliphatic carbocycles. The molecule has 0 saturated carbocycles. The first-order valence-corrected chi connectivity index (χ1v) is 6.68. The van der Waals surface area contributed by atoms with Gasteiger partial charge in [-0.1, -0.05) is 31.9 Å². The van der Waals surface area contributed by atoms with E-state index in [-0.39, 0.29) is 0 Å². The van der Waals surface area contributed by atoms with Crippen LogP contribution in [0.4, 0.5) is 0 Å². The third-order valence-corrected chi connectivity index (χ3v) is 4.10. The minimum atomic E-state index is 0.726. The van der Waals surface area contributed by atoms with Crippen LogP contribution in [0.25, 0.3) is 0 Å². The topological polar surface area (TPSA) is 0 Å². The molecule has 1 rings (SSSR count). The van der Waals surface area contributed by atoms with E-state index in [0.717, 1.165) is 16.6 Å². The minimum absolute atomic E-state index is 0.726. The van der Waals surface area contributed by atoms with Crippen molar-refractivity contribution in [2.75, 3.05) is 10.7 Å². The SMILES string of the molecule is BrCC(CBr)Cc1ccsc1. The van der Waals surface area contributed by atoms with Gasteiger partial charge in [0.25, 0.3) is 0 Å². The normalized spacial score (nSPS) is 10.8. The molecule has 0 saturated heterocycles. The highest BCUT2D eigenvalue weighted by Crippen LogP contribution is 2.15. The average molecular weight is 298 g/mol. The van der Waals surface area contributed by atoms with Gasteiger partial charge in [0.15, 0.2) is 0 Å². The van der Waals surface area contributed by atoms with Crippen LogP contribution in [0.15, 0.2) is 16.8 Å². The summed E-state index contributed by atoms with van der Waals surface area (Å²) in [6.07, 6.45) is 1.18. The van der Waals surface area contributed by atoms with E-state index in [9.17, 15) is 0 Å². The van der Waals surface area contributed by atoms with E-state index < -0.39 is 0 Å². The van der Waals surface area contributed by atoms with Crippen molar-refractivity contribution in [3.63, 3.8) is 0 Å². The second-order valence-corrected chi connectivity index (χ2v) is 4.59. The van der Waals surface area contributed by atoms with Gasteiger partial charge in [0, 0.05) is 10.7 Å². The van der Waals surface area contributed by atoms with Crippen molar-refractivity contribution in [2.24, 2.45) is 5.92 Å². The molecule has 0 radical (unpaired) electrons. The molecule has 0 unspecified atom stereocenters. The summed E-state index contributed by atoms with van der Waals surface area (Å²) in [6, 6.07) is 2.20. The lowest BCUT2D eigenvalue weighted by Gasteiger charge is -2.07. The lowest BCUT2D eigenvalue weighted by Crippen LogP contribution is -2.06. The van der Waals surface area contributed by atoms with Crippen molar-refractivity contribution < 1.29 is 0 Å². The number of thiophene rings is 1. The summed E-state index contributed by atoms with van der Waals surface area (Å²) in [5.41, 5.74) is 1.46. The molecule has 1 aromatic rings. The second-order valence-electron chi connectivity index (χ2n) is 2.51. The number of hydrogen-bond acceptors (Lipinski definition) is 1. The van der Waals surface area contributed by atoms with Crippen LogP contribution in [0.1, 0.15) is 5.56 Å². The summed E-state index contributed by atoms with van der Waals surface area (Å²) in [6.45, 7) is 0. The van der Waals surface area contributed by atoms with Crippen molar-refractivity contribution >= 4 is 43.2 Å². The maximum atomic E-state index is 3.50. The Hall–Kier alpha value is 0.660. The third-order valence-electron chi connectivity index (χ3n) is 1.54. The number of rotatable bonds is 4. The van der Waals surface area contributed by atoms with Crippen LogP contribution < -0.4 is 0 Å². The first-order valence-electron chi connectivity index (χ1n) is 3.49. The van der Waals surface area contributed by atoms with Gasteiger partial charge in [-0.15, -0.1) is 0 Å². The molecule has 0 aliphatic rings. The fraction of sp³-hybridized carbons (Fsp3) is 0.500. The first kappa shape index (κ1) is 9.75. The molecule has 11 heavy (non-hydrogen) atoms. The smallest absolute Gasteiger partial charge is 0.00708 e. The molecule has 0 bridgehead atoms. The lowest BCUT2D eigenvalue weighted by molar-refractivity contribution is 0.681. The zero-order valence-corrected chi connectivity index (χ0v) is 10.1. The minimum Gasteiger partial charge on any atom is -0.152 e. The van der Waals surface area contributed by atoms with Crippen molar-refractivity contribution in [1.82, 2.24) is 0 Å². The van der Waals surface area contributed by atoms with Gasteiger partial charge in [0.1, 0.15) is 0 Å². The maximum Gasteiger partial charge on any atom is 0.00708 e. The molecule has 0 fully saturated rings. The molecule has 0 atom stereocenters. The molecular formula is C8H10Br2S. The Bertz CT molecular complexity index is 180. The molecule has 62 valence electrons. The van der Waals surface area contributed by atoms with Gasteiger partial charge < -0.3 is 0 Å². The summed E-state index contributed by atoms with van der Waals surface area (Å²) < 4.78 is 0. The van der Waals surface area contributed by atoms with Gasteiger partial charge >= 0.3 is 0 Å². The highest BCUT2D eigenvalue weighted by atomic mass is 79.9. The quantitative estimate of drug-likeness (QED) is 0.744. The summed E-state index contributed by atoms with van der Waals surface area (Å²) in [7, 11) is 0. The van der Waals surface area contributed by atoms with E-state index in [1.165, 1.54) is 12.0 Å². The Morgan fingerprint density at radius 3 is 2.55 bits per heavy atom. The molecule has 0 N–H and O–H groups in total. The Balaban J connectivity index is 2.41. The van der Waals surface area contributed by atoms with Crippen LogP contribution in [0.3, 0.4) is 0 Å². The monoisotopic (exact) mass is 296 g/mol. The van der Waals surface area contributed by atoms with Crippen molar-refractivity contribution in [3.05, 3.63) is 22.4 Å². The predicted molar refractivity (Wildman–Crippen MR) is 59.1 cm³/mol. The van der Waals surface area contributed by atoms with E-state index in [2.05, 4.69) is 48.7 Å². The Labute approximate surface area is 88.3 Å². The zero-order chi connectivity index (χ0) is 8.10. The van der Waals surface area contributed by atoms with E-state index >= 15 is 0 Å². The molecular weight excluding hydrogens is 288 g/mol. The van der Waals surface area contributed by atoms with Gasteiger partial charge in [-0.2, -0.15) is 11.3 Å². The fourth-order valence-corrected chi connectivity index (χ4v) is 3.10. The second kappa shape index (κ2) is 5.33. The van der Waals surface area contributed by atoms with Gasteiger partial charge in [0.2, 0.25) is 0 Å². The number of alkyl halides is 2. The molecule has 0 aliphatic heterocycles. The standard InChI is InChI=1S/C8H10Br2S/c9-4-8(5-10)3-7-1-2-11-6-7/h1-2,6,8H,3-5H2. The largest absolute Gasteiger partial charge is 0.152 e. The van der Waals surface area contributed by atoms with E-state index in [4.69, 9.17) is 0 Å². The fourth-order valence-electron chi connectivity index (χ4n) is 0.892. The van der Waals surface area contributed by atoms with Gasteiger partial charge in [-0.3, -0.25) is 0 Å². The van der Waals surface area contributed by atoms with Crippen molar-refractivity contribution in [1.29, 1.82) is 0 Å². The molecule has 0 spiro atoms. The Morgan fingerprint density at radius 1 is 1.36 bits per heavy atom.